The lowest BCUT2D eigenvalue weighted by Gasteiger charge is -2.29. The molecule has 0 fully saturated rings. The Morgan fingerprint density at radius 1 is 1.09 bits per heavy atom. The topological polar surface area (TPSA) is 126 Å². The molecule has 0 bridgehead atoms. The highest BCUT2D eigenvalue weighted by Crippen LogP contribution is 2.28. The van der Waals surface area contributed by atoms with Crippen molar-refractivity contribution in [3.05, 3.63) is 42.0 Å². The number of carbonyl (C=O) groups is 3. The van der Waals surface area contributed by atoms with E-state index in [1.165, 1.54) is 7.05 Å². The third-order valence-electron chi connectivity index (χ3n) is 4.33. The van der Waals surface area contributed by atoms with Crippen molar-refractivity contribution in [3.8, 4) is 0 Å². The zero-order valence-electron chi connectivity index (χ0n) is 19.8. The zero-order chi connectivity index (χ0) is 24.3. The molecule has 2 atom stereocenters. The number of rotatable bonds is 9. The van der Waals surface area contributed by atoms with Gasteiger partial charge in [0.05, 0.1) is 11.8 Å². The second kappa shape index (κ2) is 12.8. The van der Waals surface area contributed by atoms with Gasteiger partial charge >= 0.3 is 12.0 Å². The van der Waals surface area contributed by atoms with Crippen LogP contribution in [0.25, 0.3) is 6.08 Å². The van der Waals surface area contributed by atoms with Gasteiger partial charge in [0.2, 0.25) is 5.91 Å². The van der Waals surface area contributed by atoms with Gasteiger partial charge in [0.15, 0.2) is 0 Å². The van der Waals surface area contributed by atoms with E-state index in [9.17, 15) is 14.4 Å². The lowest BCUT2D eigenvalue weighted by Crippen LogP contribution is -2.55. The second-order valence-corrected chi connectivity index (χ2v) is 9.09. The Bertz CT molecular complexity index is 772. The van der Waals surface area contributed by atoms with Crippen molar-refractivity contribution in [3.63, 3.8) is 0 Å². The zero-order valence-corrected chi connectivity index (χ0v) is 19.8. The molecule has 0 heterocycles. The van der Waals surface area contributed by atoms with Crippen LogP contribution in [-0.4, -0.2) is 35.7 Å². The quantitative estimate of drug-likeness (QED) is 0.262. The molecule has 1 aromatic carbocycles. The molecular formula is C23H37N5O4. The lowest BCUT2D eigenvalue weighted by molar-refractivity contribution is -0.164. The smallest absolute Gasteiger partial charge is 0.349 e. The number of hydrogen-bond donors (Lipinski definition) is 4. The van der Waals surface area contributed by atoms with Crippen molar-refractivity contribution in [2.75, 3.05) is 7.05 Å². The molecule has 32 heavy (non-hydrogen) atoms. The molecule has 5 N–H and O–H groups in total. The van der Waals surface area contributed by atoms with Gasteiger partial charge in [0.25, 0.3) is 0 Å². The number of esters is 1. The highest BCUT2D eigenvalue weighted by Gasteiger charge is 2.36. The molecule has 0 aliphatic carbocycles. The van der Waals surface area contributed by atoms with E-state index >= 15 is 0 Å². The van der Waals surface area contributed by atoms with Crippen LogP contribution in [0.1, 0.15) is 53.0 Å². The Balaban J connectivity index is 3.07. The van der Waals surface area contributed by atoms with E-state index in [4.69, 9.17) is 10.6 Å². The maximum Gasteiger partial charge on any atom is 0.349 e. The number of benzene rings is 1. The molecule has 0 unspecified atom stereocenters. The van der Waals surface area contributed by atoms with Crippen molar-refractivity contribution >= 4 is 24.0 Å². The molecule has 0 saturated heterocycles. The number of ether oxygens (including phenoxy) is 1. The predicted octanol–water partition coefficient (Wildman–Crippen LogP) is 2.76. The summed E-state index contributed by atoms with van der Waals surface area (Å²) in [4.78, 5) is 37.8. The Labute approximate surface area is 190 Å². The summed E-state index contributed by atoms with van der Waals surface area (Å²) in [5.41, 5.74) is 7.19. The minimum absolute atomic E-state index is 0.137. The number of nitrogens with two attached hydrogens (primary N) is 1. The Kier molecular flexibility index (Phi) is 10.9. The molecule has 9 heteroatoms. The van der Waals surface area contributed by atoms with Crippen LogP contribution in [0, 0.1) is 17.8 Å². The van der Waals surface area contributed by atoms with Crippen molar-refractivity contribution in [2.45, 2.75) is 53.1 Å². The molecule has 9 nitrogen and oxygen atoms in total. The average molecular weight is 448 g/mol. The number of hydrazine groups is 3. The van der Waals surface area contributed by atoms with Gasteiger partial charge in [-0.2, -0.15) is 5.12 Å². The number of nitrogens with one attached hydrogen (secondary N) is 3. The first-order valence-electron chi connectivity index (χ1n) is 10.7. The first kappa shape index (κ1) is 27.1. The van der Waals surface area contributed by atoms with Gasteiger partial charge in [-0.3, -0.25) is 26.3 Å². The summed E-state index contributed by atoms with van der Waals surface area (Å²) >= 11 is 0. The molecular weight excluding hydrogens is 410 g/mol. The van der Waals surface area contributed by atoms with Crippen molar-refractivity contribution in [1.29, 1.82) is 0 Å². The minimum atomic E-state index is -0.723. The summed E-state index contributed by atoms with van der Waals surface area (Å²) in [6.45, 7) is 9.29. The van der Waals surface area contributed by atoms with E-state index in [1.54, 1.807) is 20.8 Å². The molecule has 0 saturated carbocycles. The fourth-order valence-corrected chi connectivity index (χ4v) is 3.08. The summed E-state index contributed by atoms with van der Waals surface area (Å²) in [6.07, 6.45) is 4.53. The van der Waals surface area contributed by atoms with Gasteiger partial charge in [0.1, 0.15) is 5.60 Å². The largest absolute Gasteiger partial charge is 0.460 e. The lowest BCUT2D eigenvalue weighted by atomic mass is 9.82. The van der Waals surface area contributed by atoms with Crippen LogP contribution in [0.4, 0.5) is 4.79 Å². The highest BCUT2D eigenvalue weighted by atomic mass is 16.6. The molecule has 1 aromatic rings. The predicted molar refractivity (Wildman–Crippen MR) is 124 cm³/mol. The maximum absolute atomic E-state index is 13.1. The van der Waals surface area contributed by atoms with Crippen LogP contribution in [0.3, 0.4) is 0 Å². The maximum atomic E-state index is 13.1. The van der Waals surface area contributed by atoms with Crippen LogP contribution < -0.4 is 22.1 Å². The SMILES string of the molecule is CC(C)C[C@@H](C(=O)NNC(=O)NN(C)N)[C@H](CC=Cc1ccccc1)C(=O)OC(C)(C)C. The molecule has 0 aromatic heterocycles. The Morgan fingerprint density at radius 3 is 2.25 bits per heavy atom. The van der Waals surface area contributed by atoms with Gasteiger partial charge in [-0.25, -0.2) is 10.2 Å². The molecule has 178 valence electrons. The summed E-state index contributed by atoms with van der Waals surface area (Å²) in [5, 5.41) is 0.949. The number of carbonyl (C=O) groups excluding carboxylic acids is 3. The van der Waals surface area contributed by atoms with Crippen LogP contribution in [0.15, 0.2) is 36.4 Å². The number of allylic oxidation sites excluding steroid dienone is 1. The van der Waals surface area contributed by atoms with Crippen LogP contribution >= 0.6 is 0 Å². The van der Waals surface area contributed by atoms with Gasteiger partial charge in [-0.1, -0.05) is 56.3 Å². The van der Waals surface area contributed by atoms with E-state index in [1.807, 2.05) is 56.3 Å². The first-order valence-corrected chi connectivity index (χ1v) is 10.7. The van der Waals surface area contributed by atoms with E-state index in [-0.39, 0.29) is 5.92 Å². The fourth-order valence-electron chi connectivity index (χ4n) is 3.08. The molecule has 0 radical (unpaired) electrons. The van der Waals surface area contributed by atoms with Gasteiger partial charge < -0.3 is 4.74 Å². The van der Waals surface area contributed by atoms with E-state index < -0.39 is 35.3 Å². The Morgan fingerprint density at radius 2 is 1.72 bits per heavy atom. The molecule has 0 aliphatic heterocycles. The molecule has 0 aliphatic rings. The van der Waals surface area contributed by atoms with Crippen LogP contribution in [-0.2, 0) is 14.3 Å². The third kappa shape index (κ3) is 10.9. The van der Waals surface area contributed by atoms with Gasteiger partial charge in [0, 0.05) is 7.05 Å². The van der Waals surface area contributed by atoms with E-state index in [0.717, 1.165) is 10.7 Å². The van der Waals surface area contributed by atoms with Crippen LogP contribution in [0.5, 0.6) is 0 Å². The fraction of sp³-hybridized carbons (Fsp3) is 0.522. The number of hydrogen-bond acceptors (Lipinski definition) is 6. The number of nitrogens with zero attached hydrogens (tertiary/aromatic N) is 1. The third-order valence-corrected chi connectivity index (χ3v) is 4.33. The van der Waals surface area contributed by atoms with Crippen molar-refractivity contribution < 1.29 is 19.1 Å². The van der Waals surface area contributed by atoms with E-state index in [0.29, 0.717) is 12.8 Å². The van der Waals surface area contributed by atoms with Crippen LogP contribution in [0.2, 0.25) is 0 Å². The Hall–Kier alpha value is -2.91. The normalized spacial score (nSPS) is 13.7. The summed E-state index contributed by atoms with van der Waals surface area (Å²) < 4.78 is 5.62. The molecule has 0 spiro atoms. The minimum Gasteiger partial charge on any atom is -0.460 e. The van der Waals surface area contributed by atoms with Crippen molar-refractivity contribution in [2.24, 2.45) is 23.6 Å². The van der Waals surface area contributed by atoms with Crippen molar-refractivity contribution in [1.82, 2.24) is 21.4 Å². The molecule has 1 rings (SSSR count). The standard InChI is InChI=1S/C23H37N5O4/c1-16(2)15-19(20(29)25-26-22(31)27-28(6)24)18(21(30)32-23(3,4)5)14-10-13-17-11-8-7-9-12-17/h7-13,16,18-19H,14-15,24H2,1-6H3,(H,25,29)(H2,26,27,31)/t18-,19+/m0/s1. The first-order chi connectivity index (χ1) is 14.9. The highest BCUT2D eigenvalue weighted by molar-refractivity contribution is 5.87. The second-order valence-electron chi connectivity index (χ2n) is 9.09. The van der Waals surface area contributed by atoms with Gasteiger partial charge in [-0.05, 0) is 45.1 Å². The summed E-state index contributed by atoms with van der Waals surface area (Å²) in [5.74, 6) is 3.13. The summed E-state index contributed by atoms with van der Waals surface area (Å²) in [7, 11) is 1.43. The van der Waals surface area contributed by atoms with E-state index in [2.05, 4.69) is 16.3 Å². The summed E-state index contributed by atoms with van der Waals surface area (Å²) in [6, 6.07) is 8.98. The van der Waals surface area contributed by atoms with Gasteiger partial charge in [-0.15, -0.1) is 0 Å². The monoisotopic (exact) mass is 447 g/mol. The number of amides is 3. The average Bonchev–Trinajstić information content (AvgIpc) is 2.66. The molecule has 3 amide bonds. The number of urea groups is 1.